The van der Waals surface area contributed by atoms with Crippen molar-refractivity contribution in [3.8, 4) is 0 Å². The molecule has 2 rings (SSSR count). The molecule has 21 heavy (non-hydrogen) atoms. The lowest BCUT2D eigenvalue weighted by atomic mass is 10.2. The summed E-state index contributed by atoms with van der Waals surface area (Å²) in [5.74, 6) is -0.177. The van der Waals surface area contributed by atoms with Crippen LogP contribution in [0, 0.1) is 0 Å². The molecule has 1 aromatic carbocycles. The number of hydrogen-bond donors (Lipinski definition) is 2. The monoisotopic (exact) mass is 310 g/mol. The van der Waals surface area contributed by atoms with Crippen LogP contribution < -0.4 is 11.1 Å². The minimum absolute atomic E-state index is 0.0302. The summed E-state index contributed by atoms with van der Waals surface area (Å²) >= 11 is 5.88. The van der Waals surface area contributed by atoms with Crippen LogP contribution in [0.3, 0.4) is 0 Å². The summed E-state index contributed by atoms with van der Waals surface area (Å²) in [6.07, 6.45) is 0.856. The minimum Gasteiger partial charge on any atom is -0.397 e. The van der Waals surface area contributed by atoms with E-state index in [1.54, 1.807) is 30.1 Å². The van der Waals surface area contributed by atoms with Gasteiger partial charge in [-0.2, -0.15) is 0 Å². The second-order valence-electron chi connectivity index (χ2n) is 5.16. The molecule has 0 saturated carbocycles. The largest absolute Gasteiger partial charge is 0.397 e. The fourth-order valence-corrected chi connectivity index (χ4v) is 2.38. The van der Waals surface area contributed by atoms with E-state index in [0.29, 0.717) is 22.9 Å². The van der Waals surface area contributed by atoms with Crippen molar-refractivity contribution < 1.29 is 9.59 Å². The predicted molar refractivity (Wildman–Crippen MR) is 83.2 cm³/mol. The lowest BCUT2D eigenvalue weighted by Gasteiger charge is -2.19. The fraction of sp³-hybridized carbons (Fsp3) is 0.429. The molecule has 0 spiro atoms. The van der Waals surface area contributed by atoms with Gasteiger partial charge in [0, 0.05) is 25.2 Å². The molecule has 1 aromatic rings. The summed E-state index contributed by atoms with van der Waals surface area (Å²) in [6, 6.07) is 4.91. The quantitative estimate of drug-likeness (QED) is 0.817. The maximum Gasteiger partial charge on any atom is 0.238 e. The Bertz CT molecular complexity index is 550. The van der Waals surface area contributed by atoms with Crippen LogP contribution in [0.15, 0.2) is 18.2 Å². The second-order valence-corrected chi connectivity index (χ2v) is 5.60. The molecule has 6 nitrogen and oxygen atoms in total. The number of benzene rings is 1. The van der Waals surface area contributed by atoms with E-state index < -0.39 is 0 Å². The molecule has 7 heteroatoms. The Hall–Kier alpha value is -1.79. The highest BCUT2D eigenvalue weighted by Gasteiger charge is 2.20. The molecule has 114 valence electrons. The topological polar surface area (TPSA) is 78.7 Å². The van der Waals surface area contributed by atoms with Gasteiger partial charge in [-0.05, 0) is 24.6 Å². The molecule has 0 bridgehead atoms. The molecule has 1 aliphatic heterocycles. The van der Waals surface area contributed by atoms with Crippen molar-refractivity contribution in [1.82, 2.24) is 9.80 Å². The molecular weight excluding hydrogens is 292 g/mol. The number of nitrogens with two attached hydrogens (primary N) is 1. The number of amides is 2. The van der Waals surface area contributed by atoms with Gasteiger partial charge in [0.05, 0.1) is 24.5 Å². The molecule has 1 aliphatic rings. The molecule has 0 aliphatic carbocycles. The van der Waals surface area contributed by atoms with Gasteiger partial charge in [0.25, 0.3) is 0 Å². The van der Waals surface area contributed by atoms with Crippen LogP contribution in [0.25, 0.3) is 0 Å². The number of hydrogen-bond acceptors (Lipinski definition) is 4. The number of rotatable bonds is 3. The zero-order chi connectivity index (χ0) is 15.4. The van der Waals surface area contributed by atoms with E-state index >= 15 is 0 Å². The van der Waals surface area contributed by atoms with Crippen molar-refractivity contribution in [3.05, 3.63) is 23.2 Å². The fourth-order valence-electron chi connectivity index (χ4n) is 2.21. The molecular formula is C14H19ClN4O2. The SMILES string of the molecule is CN1CCCN(CC(=O)Nc2cc(Cl)ccc2N)CC1=O. The van der Waals surface area contributed by atoms with Crippen molar-refractivity contribution in [1.29, 1.82) is 0 Å². The lowest BCUT2D eigenvalue weighted by molar-refractivity contribution is -0.130. The Balaban J connectivity index is 1.95. The van der Waals surface area contributed by atoms with Crippen LogP contribution in [0.2, 0.25) is 5.02 Å². The molecule has 1 saturated heterocycles. The van der Waals surface area contributed by atoms with Gasteiger partial charge < -0.3 is 16.0 Å². The number of nitrogens with zero attached hydrogens (tertiary/aromatic N) is 2. The Morgan fingerprint density at radius 3 is 2.95 bits per heavy atom. The van der Waals surface area contributed by atoms with Crippen LogP contribution in [-0.4, -0.2) is 54.8 Å². The van der Waals surface area contributed by atoms with Crippen LogP contribution in [0.1, 0.15) is 6.42 Å². The van der Waals surface area contributed by atoms with E-state index in [-0.39, 0.29) is 24.9 Å². The third-order valence-electron chi connectivity index (χ3n) is 3.41. The second kappa shape index (κ2) is 6.78. The Kier molecular flexibility index (Phi) is 5.03. The number of likely N-dealkylation sites (N-methyl/N-ethyl adjacent to an activating group) is 1. The zero-order valence-corrected chi connectivity index (χ0v) is 12.7. The van der Waals surface area contributed by atoms with Crippen molar-refractivity contribution in [3.63, 3.8) is 0 Å². The van der Waals surface area contributed by atoms with E-state index in [9.17, 15) is 9.59 Å². The number of carbonyl (C=O) groups excluding carboxylic acids is 2. The number of nitrogens with one attached hydrogen (secondary N) is 1. The van der Waals surface area contributed by atoms with E-state index in [1.807, 2.05) is 4.90 Å². The maximum absolute atomic E-state index is 12.1. The summed E-state index contributed by atoms with van der Waals surface area (Å²) in [4.78, 5) is 27.4. The normalized spacial score (nSPS) is 16.7. The van der Waals surface area contributed by atoms with Crippen LogP contribution >= 0.6 is 11.6 Å². The summed E-state index contributed by atoms with van der Waals surface area (Å²) in [6.45, 7) is 1.85. The highest BCUT2D eigenvalue weighted by atomic mass is 35.5. The first kappa shape index (κ1) is 15.6. The molecule has 1 fully saturated rings. The highest BCUT2D eigenvalue weighted by Crippen LogP contribution is 2.22. The average Bonchev–Trinajstić information content (AvgIpc) is 2.56. The zero-order valence-electron chi connectivity index (χ0n) is 11.9. The first-order chi connectivity index (χ1) is 9.95. The van der Waals surface area contributed by atoms with Gasteiger partial charge in [-0.15, -0.1) is 0 Å². The summed E-state index contributed by atoms with van der Waals surface area (Å²) in [7, 11) is 1.78. The van der Waals surface area contributed by atoms with Crippen molar-refractivity contribution >= 4 is 34.8 Å². The van der Waals surface area contributed by atoms with Crippen LogP contribution in [0.4, 0.5) is 11.4 Å². The smallest absolute Gasteiger partial charge is 0.238 e. The van der Waals surface area contributed by atoms with Crippen molar-refractivity contribution in [2.75, 3.05) is 44.3 Å². The summed E-state index contributed by atoms with van der Waals surface area (Å²) < 4.78 is 0. The number of halogens is 1. The Morgan fingerprint density at radius 2 is 2.19 bits per heavy atom. The van der Waals surface area contributed by atoms with Gasteiger partial charge in [0.15, 0.2) is 0 Å². The minimum atomic E-state index is -0.207. The molecule has 3 N–H and O–H groups in total. The molecule has 2 amide bonds. The van der Waals surface area contributed by atoms with Gasteiger partial charge in [0.2, 0.25) is 11.8 Å². The number of nitrogen functional groups attached to an aromatic ring is 1. The molecule has 0 unspecified atom stereocenters. The van der Waals surface area contributed by atoms with Crippen LogP contribution in [0.5, 0.6) is 0 Å². The van der Waals surface area contributed by atoms with Gasteiger partial charge >= 0.3 is 0 Å². The lowest BCUT2D eigenvalue weighted by Crippen LogP contribution is -2.38. The predicted octanol–water partition coefficient (Wildman–Crippen LogP) is 1.02. The third kappa shape index (κ3) is 4.34. The van der Waals surface area contributed by atoms with Gasteiger partial charge in [0.1, 0.15) is 0 Å². The van der Waals surface area contributed by atoms with Gasteiger partial charge in [-0.3, -0.25) is 14.5 Å². The average molecular weight is 311 g/mol. The molecule has 0 radical (unpaired) electrons. The number of anilines is 2. The van der Waals surface area contributed by atoms with Gasteiger partial charge in [-0.25, -0.2) is 0 Å². The van der Waals surface area contributed by atoms with E-state index in [0.717, 1.165) is 13.0 Å². The molecule has 0 atom stereocenters. The first-order valence-electron chi connectivity index (χ1n) is 6.77. The summed E-state index contributed by atoms with van der Waals surface area (Å²) in [5, 5.41) is 3.24. The first-order valence-corrected chi connectivity index (χ1v) is 7.14. The van der Waals surface area contributed by atoms with Crippen LogP contribution in [-0.2, 0) is 9.59 Å². The van der Waals surface area contributed by atoms with Gasteiger partial charge in [-0.1, -0.05) is 11.6 Å². The van der Waals surface area contributed by atoms with Crippen molar-refractivity contribution in [2.24, 2.45) is 0 Å². The Morgan fingerprint density at radius 1 is 1.43 bits per heavy atom. The summed E-state index contributed by atoms with van der Waals surface area (Å²) in [5.41, 5.74) is 6.74. The van der Waals surface area contributed by atoms with Crippen molar-refractivity contribution in [2.45, 2.75) is 6.42 Å². The molecule has 1 heterocycles. The number of carbonyl (C=O) groups is 2. The molecule has 0 aromatic heterocycles. The maximum atomic E-state index is 12.1. The highest BCUT2D eigenvalue weighted by molar-refractivity contribution is 6.31. The van der Waals surface area contributed by atoms with E-state index in [1.165, 1.54) is 0 Å². The third-order valence-corrected chi connectivity index (χ3v) is 3.64. The van der Waals surface area contributed by atoms with E-state index in [2.05, 4.69) is 5.32 Å². The van der Waals surface area contributed by atoms with E-state index in [4.69, 9.17) is 17.3 Å². The standard InChI is InChI=1S/C14H19ClN4O2/c1-18-5-2-6-19(9-14(18)21)8-13(20)17-12-7-10(15)3-4-11(12)16/h3-4,7H,2,5-6,8-9,16H2,1H3,(H,17,20). The Labute approximate surface area is 128 Å².